The first-order valence-corrected chi connectivity index (χ1v) is 6.87. The second kappa shape index (κ2) is 5.91. The van der Waals surface area contributed by atoms with Crippen molar-refractivity contribution in [3.05, 3.63) is 28.3 Å². The van der Waals surface area contributed by atoms with Gasteiger partial charge in [0.15, 0.2) is 0 Å². The standard InChI is InChI=1S/C14H21N3O2/c1-3-15-12-6-13(8-14(7-12)17(18)19)16-9-10(2)11-4-5-11/h6-8,10-11,15-16H,3-5,9H2,1-2H3. The molecule has 1 aromatic carbocycles. The molecule has 0 saturated heterocycles. The number of hydrogen-bond acceptors (Lipinski definition) is 4. The molecule has 0 radical (unpaired) electrons. The van der Waals surface area contributed by atoms with Gasteiger partial charge in [-0.05, 0) is 37.7 Å². The van der Waals surface area contributed by atoms with E-state index >= 15 is 0 Å². The Morgan fingerprint density at radius 2 is 1.95 bits per heavy atom. The van der Waals surface area contributed by atoms with E-state index in [0.717, 1.165) is 30.4 Å². The summed E-state index contributed by atoms with van der Waals surface area (Å²) in [4.78, 5) is 10.6. The van der Waals surface area contributed by atoms with E-state index in [2.05, 4.69) is 17.6 Å². The van der Waals surface area contributed by atoms with Gasteiger partial charge in [0.2, 0.25) is 0 Å². The van der Waals surface area contributed by atoms with Crippen molar-refractivity contribution in [2.45, 2.75) is 26.7 Å². The number of anilines is 2. The van der Waals surface area contributed by atoms with Crippen LogP contribution in [0, 0.1) is 22.0 Å². The summed E-state index contributed by atoms with van der Waals surface area (Å²) in [6, 6.07) is 5.09. The number of nitro groups is 1. The molecule has 0 amide bonds. The molecule has 0 spiro atoms. The van der Waals surface area contributed by atoms with Crippen LogP contribution >= 0.6 is 0 Å². The molecule has 1 aliphatic rings. The third-order valence-corrected chi connectivity index (χ3v) is 3.56. The molecule has 2 rings (SSSR count). The molecule has 0 aliphatic heterocycles. The summed E-state index contributed by atoms with van der Waals surface area (Å²) in [6.45, 7) is 5.82. The number of nitro benzene ring substituents is 1. The van der Waals surface area contributed by atoms with Crippen molar-refractivity contribution in [2.75, 3.05) is 23.7 Å². The molecule has 1 unspecified atom stereocenters. The molecular formula is C14H21N3O2. The zero-order valence-electron chi connectivity index (χ0n) is 11.5. The lowest BCUT2D eigenvalue weighted by molar-refractivity contribution is -0.384. The van der Waals surface area contributed by atoms with Gasteiger partial charge in [-0.3, -0.25) is 10.1 Å². The summed E-state index contributed by atoms with van der Waals surface area (Å²) in [6.07, 6.45) is 2.64. The second-order valence-corrected chi connectivity index (χ2v) is 5.25. The normalized spacial score (nSPS) is 15.9. The van der Waals surface area contributed by atoms with Crippen LogP contribution in [0.15, 0.2) is 18.2 Å². The van der Waals surface area contributed by atoms with Gasteiger partial charge in [-0.2, -0.15) is 0 Å². The Morgan fingerprint density at radius 1 is 1.32 bits per heavy atom. The average Bonchev–Trinajstić information content (AvgIpc) is 3.20. The Balaban J connectivity index is 2.06. The first-order valence-electron chi connectivity index (χ1n) is 6.87. The van der Waals surface area contributed by atoms with E-state index in [1.165, 1.54) is 12.8 Å². The third kappa shape index (κ3) is 3.84. The summed E-state index contributed by atoms with van der Waals surface area (Å²) in [5.41, 5.74) is 1.73. The van der Waals surface area contributed by atoms with Crippen LogP contribution in [0.4, 0.5) is 17.1 Å². The molecule has 5 nitrogen and oxygen atoms in total. The molecule has 0 heterocycles. The van der Waals surface area contributed by atoms with Crippen LogP contribution in [0.2, 0.25) is 0 Å². The highest BCUT2D eigenvalue weighted by Crippen LogP contribution is 2.36. The van der Waals surface area contributed by atoms with E-state index in [1.807, 2.05) is 13.0 Å². The molecule has 0 bridgehead atoms. The molecule has 1 saturated carbocycles. The monoisotopic (exact) mass is 263 g/mol. The minimum Gasteiger partial charge on any atom is -0.385 e. The summed E-state index contributed by atoms with van der Waals surface area (Å²) in [5.74, 6) is 1.46. The predicted octanol–water partition coefficient (Wildman–Crippen LogP) is 3.48. The van der Waals surface area contributed by atoms with Crippen LogP contribution < -0.4 is 10.6 Å². The molecule has 19 heavy (non-hydrogen) atoms. The molecule has 1 fully saturated rings. The Bertz CT molecular complexity index is 458. The van der Waals surface area contributed by atoms with Crippen LogP contribution in [0.5, 0.6) is 0 Å². The van der Waals surface area contributed by atoms with Gasteiger partial charge in [-0.1, -0.05) is 6.92 Å². The smallest absolute Gasteiger partial charge is 0.273 e. The minimum atomic E-state index is -0.351. The van der Waals surface area contributed by atoms with E-state index in [9.17, 15) is 10.1 Å². The average molecular weight is 263 g/mol. The largest absolute Gasteiger partial charge is 0.385 e. The van der Waals surface area contributed by atoms with Crippen molar-refractivity contribution in [1.29, 1.82) is 0 Å². The second-order valence-electron chi connectivity index (χ2n) is 5.25. The first kappa shape index (κ1) is 13.6. The summed E-state index contributed by atoms with van der Waals surface area (Å²) in [7, 11) is 0. The number of nitrogens with zero attached hydrogens (tertiary/aromatic N) is 1. The SMILES string of the molecule is CCNc1cc(NCC(C)C2CC2)cc([N+](=O)[O-])c1. The van der Waals surface area contributed by atoms with Gasteiger partial charge in [-0.25, -0.2) is 0 Å². The minimum absolute atomic E-state index is 0.125. The fourth-order valence-electron chi connectivity index (χ4n) is 2.24. The van der Waals surface area contributed by atoms with Crippen LogP contribution in [-0.4, -0.2) is 18.0 Å². The zero-order chi connectivity index (χ0) is 13.8. The van der Waals surface area contributed by atoms with Crippen molar-refractivity contribution >= 4 is 17.1 Å². The summed E-state index contributed by atoms with van der Waals surface area (Å²) in [5, 5.41) is 17.4. The molecule has 1 aliphatic carbocycles. The van der Waals surface area contributed by atoms with Crippen LogP contribution in [0.25, 0.3) is 0 Å². The Kier molecular flexibility index (Phi) is 4.24. The van der Waals surface area contributed by atoms with Gasteiger partial charge in [0.05, 0.1) is 4.92 Å². The number of non-ortho nitro benzene ring substituents is 1. The topological polar surface area (TPSA) is 67.2 Å². The summed E-state index contributed by atoms with van der Waals surface area (Å²) >= 11 is 0. The first-order chi connectivity index (χ1) is 9.10. The molecule has 5 heteroatoms. The third-order valence-electron chi connectivity index (χ3n) is 3.56. The van der Waals surface area contributed by atoms with Crippen LogP contribution in [0.1, 0.15) is 26.7 Å². The maximum Gasteiger partial charge on any atom is 0.273 e. The van der Waals surface area contributed by atoms with E-state index in [-0.39, 0.29) is 10.6 Å². The van der Waals surface area contributed by atoms with Crippen molar-refractivity contribution in [3.8, 4) is 0 Å². The summed E-state index contributed by atoms with van der Waals surface area (Å²) < 4.78 is 0. The Morgan fingerprint density at radius 3 is 2.47 bits per heavy atom. The maximum absolute atomic E-state index is 10.9. The quantitative estimate of drug-likeness (QED) is 0.583. The highest BCUT2D eigenvalue weighted by Gasteiger charge is 2.27. The lowest BCUT2D eigenvalue weighted by atomic mass is 10.1. The lowest BCUT2D eigenvalue weighted by Crippen LogP contribution is -2.13. The fourth-order valence-corrected chi connectivity index (χ4v) is 2.24. The van der Waals surface area contributed by atoms with Gasteiger partial charge in [0.25, 0.3) is 5.69 Å². The molecule has 1 atom stereocenters. The molecule has 1 aromatic rings. The Hall–Kier alpha value is -1.78. The molecule has 2 N–H and O–H groups in total. The highest BCUT2D eigenvalue weighted by molar-refractivity contribution is 5.63. The van der Waals surface area contributed by atoms with Gasteiger partial charge in [0.1, 0.15) is 0 Å². The Labute approximate surface area is 113 Å². The number of rotatable bonds is 7. The van der Waals surface area contributed by atoms with Gasteiger partial charge >= 0.3 is 0 Å². The molecule has 0 aromatic heterocycles. The molecule has 104 valence electrons. The van der Waals surface area contributed by atoms with E-state index in [4.69, 9.17) is 0 Å². The van der Waals surface area contributed by atoms with Gasteiger partial charge in [0, 0.05) is 36.6 Å². The highest BCUT2D eigenvalue weighted by atomic mass is 16.6. The van der Waals surface area contributed by atoms with Crippen molar-refractivity contribution in [1.82, 2.24) is 0 Å². The van der Waals surface area contributed by atoms with Crippen LogP contribution in [0.3, 0.4) is 0 Å². The maximum atomic E-state index is 10.9. The zero-order valence-corrected chi connectivity index (χ0v) is 11.5. The van der Waals surface area contributed by atoms with Crippen molar-refractivity contribution in [3.63, 3.8) is 0 Å². The number of nitrogens with one attached hydrogen (secondary N) is 2. The van der Waals surface area contributed by atoms with E-state index in [0.29, 0.717) is 5.92 Å². The number of hydrogen-bond donors (Lipinski definition) is 2. The van der Waals surface area contributed by atoms with Crippen molar-refractivity contribution < 1.29 is 4.92 Å². The van der Waals surface area contributed by atoms with Gasteiger partial charge < -0.3 is 10.6 Å². The van der Waals surface area contributed by atoms with Crippen molar-refractivity contribution in [2.24, 2.45) is 11.8 Å². The molecular weight excluding hydrogens is 242 g/mol. The lowest BCUT2D eigenvalue weighted by Gasteiger charge is -2.13. The number of benzene rings is 1. The fraction of sp³-hybridized carbons (Fsp3) is 0.571. The predicted molar refractivity (Wildman–Crippen MR) is 77.6 cm³/mol. The van der Waals surface area contributed by atoms with Gasteiger partial charge in [-0.15, -0.1) is 0 Å². The van der Waals surface area contributed by atoms with Crippen LogP contribution in [-0.2, 0) is 0 Å². The van der Waals surface area contributed by atoms with E-state index in [1.54, 1.807) is 12.1 Å². The van der Waals surface area contributed by atoms with E-state index < -0.39 is 0 Å².